The third kappa shape index (κ3) is 6.54. The first-order valence-corrected chi connectivity index (χ1v) is 6.68. The van der Waals surface area contributed by atoms with Crippen molar-refractivity contribution in [2.24, 2.45) is 5.92 Å². The molecule has 0 heterocycles. The molecule has 0 saturated heterocycles. The molecular formula is C13H24O6. The predicted molar refractivity (Wildman–Crippen MR) is 68.0 cm³/mol. The van der Waals surface area contributed by atoms with E-state index >= 15 is 0 Å². The van der Waals surface area contributed by atoms with Crippen LogP contribution in [0.1, 0.15) is 46.5 Å². The van der Waals surface area contributed by atoms with E-state index in [0.29, 0.717) is 12.8 Å². The number of carbonyl (C=O) groups is 2. The quantitative estimate of drug-likeness (QED) is 0.482. The van der Waals surface area contributed by atoms with E-state index in [-0.39, 0.29) is 12.5 Å². The number of aliphatic hydroxyl groups is 2. The average Bonchev–Trinajstić information content (AvgIpc) is 2.38. The Labute approximate surface area is 113 Å². The van der Waals surface area contributed by atoms with E-state index in [1.165, 1.54) is 0 Å². The molecule has 0 spiro atoms. The summed E-state index contributed by atoms with van der Waals surface area (Å²) >= 11 is 0. The summed E-state index contributed by atoms with van der Waals surface area (Å²) in [5, 5.41) is 18.7. The van der Waals surface area contributed by atoms with E-state index in [1.807, 2.05) is 13.8 Å². The minimum Gasteiger partial charge on any atom is -0.462 e. The predicted octanol–water partition coefficient (Wildman–Crippen LogP) is 0.988. The van der Waals surface area contributed by atoms with Crippen LogP contribution in [0.2, 0.25) is 0 Å². The Morgan fingerprint density at radius 1 is 1.16 bits per heavy atom. The van der Waals surface area contributed by atoms with E-state index < -0.39 is 30.8 Å². The highest BCUT2D eigenvalue weighted by Gasteiger charge is 2.31. The van der Waals surface area contributed by atoms with E-state index in [4.69, 9.17) is 9.84 Å². The number of hydrogen-bond acceptors (Lipinski definition) is 6. The van der Waals surface area contributed by atoms with E-state index in [2.05, 4.69) is 4.74 Å². The normalized spacial score (nSPS) is 15.4. The summed E-state index contributed by atoms with van der Waals surface area (Å²) in [4.78, 5) is 22.8. The van der Waals surface area contributed by atoms with Gasteiger partial charge in [0.1, 0.15) is 12.0 Å². The zero-order valence-electron chi connectivity index (χ0n) is 11.8. The van der Waals surface area contributed by atoms with Crippen LogP contribution in [0.5, 0.6) is 0 Å². The lowest BCUT2D eigenvalue weighted by molar-refractivity contribution is -0.191. The molecule has 2 N–H and O–H groups in total. The van der Waals surface area contributed by atoms with Crippen molar-refractivity contribution in [3.63, 3.8) is 0 Å². The van der Waals surface area contributed by atoms with Crippen LogP contribution in [0.25, 0.3) is 0 Å². The molecule has 112 valence electrons. The van der Waals surface area contributed by atoms with Crippen LogP contribution in [-0.2, 0) is 19.1 Å². The molecule has 0 aromatic carbocycles. The summed E-state index contributed by atoms with van der Waals surface area (Å²) in [6, 6.07) is 0. The van der Waals surface area contributed by atoms with Crippen LogP contribution in [-0.4, -0.2) is 41.2 Å². The zero-order chi connectivity index (χ0) is 14.8. The van der Waals surface area contributed by atoms with Gasteiger partial charge in [0.15, 0.2) is 0 Å². The molecule has 0 saturated carbocycles. The van der Waals surface area contributed by atoms with Gasteiger partial charge in [-0.15, -0.1) is 0 Å². The van der Waals surface area contributed by atoms with Crippen molar-refractivity contribution in [3.05, 3.63) is 0 Å². The fraction of sp³-hybridized carbons (Fsp3) is 0.846. The molecule has 0 rings (SSSR count). The Hall–Kier alpha value is -1.14. The first-order valence-electron chi connectivity index (χ1n) is 6.68. The number of aliphatic hydroxyl groups excluding tert-OH is 2. The minimum atomic E-state index is -1.68. The van der Waals surface area contributed by atoms with Crippen LogP contribution in [0.3, 0.4) is 0 Å². The SMILES string of the molecule is CCCC(CC)OC(=O)C(CO)C(O)OC(=O)CC. The molecule has 0 fully saturated rings. The van der Waals surface area contributed by atoms with Crippen molar-refractivity contribution in [3.8, 4) is 0 Å². The van der Waals surface area contributed by atoms with Crippen molar-refractivity contribution in [1.29, 1.82) is 0 Å². The highest BCUT2D eigenvalue weighted by molar-refractivity contribution is 5.74. The van der Waals surface area contributed by atoms with Gasteiger partial charge in [-0.1, -0.05) is 27.2 Å². The molecule has 3 atom stereocenters. The molecule has 0 bridgehead atoms. The Morgan fingerprint density at radius 2 is 1.79 bits per heavy atom. The maximum Gasteiger partial charge on any atom is 0.317 e. The van der Waals surface area contributed by atoms with Gasteiger partial charge in [-0.2, -0.15) is 0 Å². The van der Waals surface area contributed by atoms with Crippen molar-refractivity contribution >= 4 is 11.9 Å². The Morgan fingerprint density at radius 3 is 2.21 bits per heavy atom. The topological polar surface area (TPSA) is 93.1 Å². The van der Waals surface area contributed by atoms with E-state index in [1.54, 1.807) is 6.92 Å². The lowest BCUT2D eigenvalue weighted by atomic mass is 10.1. The summed E-state index contributed by atoms with van der Waals surface area (Å²) in [6.07, 6.45) is 0.388. The second-order valence-electron chi connectivity index (χ2n) is 4.28. The highest BCUT2D eigenvalue weighted by Crippen LogP contribution is 2.14. The van der Waals surface area contributed by atoms with Gasteiger partial charge in [-0.25, -0.2) is 0 Å². The van der Waals surface area contributed by atoms with Crippen molar-refractivity contribution in [2.45, 2.75) is 58.8 Å². The molecule has 0 aliphatic heterocycles. The molecule has 0 aromatic heterocycles. The zero-order valence-corrected chi connectivity index (χ0v) is 11.8. The van der Waals surface area contributed by atoms with Gasteiger partial charge in [-0.05, 0) is 12.8 Å². The minimum absolute atomic E-state index is 0.0810. The maximum atomic E-state index is 11.8. The molecular weight excluding hydrogens is 252 g/mol. The monoisotopic (exact) mass is 276 g/mol. The number of esters is 2. The second-order valence-corrected chi connectivity index (χ2v) is 4.28. The van der Waals surface area contributed by atoms with Gasteiger partial charge < -0.3 is 19.7 Å². The Kier molecular flexibility index (Phi) is 9.16. The third-order valence-electron chi connectivity index (χ3n) is 2.73. The fourth-order valence-corrected chi connectivity index (χ4v) is 1.50. The molecule has 0 radical (unpaired) electrons. The van der Waals surface area contributed by atoms with Gasteiger partial charge >= 0.3 is 11.9 Å². The van der Waals surface area contributed by atoms with E-state index in [0.717, 1.165) is 6.42 Å². The highest BCUT2D eigenvalue weighted by atomic mass is 16.6. The van der Waals surface area contributed by atoms with Crippen molar-refractivity contribution in [2.75, 3.05) is 6.61 Å². The van der Waals surface area contributed by atoms with Crippen LogP contribution in [0.4, 0.5) is 0 Å². The van der Waals surface area contributed by atoms with Gasteiger partial charge in [0.25, 0.3) is 0 Å². The molecule has 6 nitrogen and oxygen atoms in total. The largest absolute Gasteiger partial charge is 0.462 e. The summed E-state index contributed by atoms with van der Waals surface area (Å²) in [5.74, 6) is -2.65. The summed E-state index contributed by atoms with van der Waals surface area (Å²) in [6.45, 7) is 4.78. The summed E-state index contributed by atoms with van der Waals surface area (Å²) < 4.78 is 9.78. The lowest BCUT2D eigenvalue weighted by Crippen LogP contribution is -2.37. The number of hydrogen-bond donors (Lipinski definition) is 2. The molecule has 0 amide bonds. The Bertz CT molecular complexity index is 278. The van der Waals surface area contributed by atoms with E-state index in [9.17, 15) is 14.7 Å². The first-order chi connectivity index (χ1) is 8.99. The maximum absolute atomic E-state index is 11.8. The molecule has 0 aromatic rings. The fourth-order valence-electron chi connectivity index (χ4n) is 1.50. The number of ether oxygens (including phenoxy) is 2. The first kappa shape index (κ1) is 17.9. The summed E-state index contributed by atoms with van der Waals surface area (Å²) in [5.41, 5.74) is 0. The van der Waals surface area contributed by atoms with Crippen LogP contribution < -0.4 is 0 Å². The van der Waals surface area contributed by atoms with Crippen LogP contribution >= 0.6 is 0 Å². The van der Waals surface area contributed by atoms with Gasteiger partial charge in [0.05, 0.1) is 6.61 Å². The van der Waals surface area contributed by atoms with Gasteiger partial charge in [0.2, 0.25) is 6.29 Å². The van der Waals surface area contributed by atoms with Crippen molar-refractivity contribution < 1.29 is 29.3 Å². The van der Waals surface area contributed by atoms with Crippen LogP contribution in [0, 0.1) is 5.92 Å². The molecule has 19 heavy (non-hydrogen) atoms. The van der Waals surface area contributed by atoms with Crippen molar-refractivity contribution in [1.82, 2.24) is 0 Å². The Balaban J connectivity index is 4.48. The average molecular weight is 276 g/mol. The number of carbonyl (C=O) groups excluding carboxylic acids is 2. The lowest BCUT2D eigenvalue weighted by Gasteiger charge is -2.22. The molecule has 3 unspecified atom stereocenters. The van der Waals surface area contributed by atoms with Gasteiger partial charge in [0, 0.05) is 6.42 Å². The molecule has 0 aliphatic rings. The number of rotatable bonds is 9. The molecule has 0 aliphatic carbocycles. The van der Waals surface area contributed by atoms with Crippen LogP contribution in [0.15, 0.2) is 0 Å². The summed E-state index contributed by atoms with van der Waals surface area (Å²) in [7, 11) is 0. The smallest absolute Gasteiger partial charge is 0.317 e. The third-order valence-corrected chi connectivity index (χ3v) is 2.73. The molecule has 6 heteroatoms. The van der Waals surface area contributed by atoms with Gasteiger partial charge in [-0.3, -0.25) is 9.59 Å². The second kappa shape index (κ2) is 9.75. The standard InChI is InChI=1S/C13H24O6/c1-4-7-9(5-2)18-12(16)10(8-14)13(17)19-11(15)6-3/h9-10,13-14,17H,4-8H2,1-3H3.